The molecule has 0 aliphatic heterocycles. The molecule has 1 aromatic heterocycles. The third-order valence-corrected chi connectivity index (χ3v) is 2.24. The minimum atomic E-state index is -0.153. The molecular formula is C10H11N3O. The van der Waals surface area contributed by atoms with Gasteiger partial charge in [0.25, 0.3) is 5.56 Å². The number of hydrogen-bond donors (Lipinski definition) is 3. The van der Waals surface area contributed by atoms with Gasteiger partial charge in [-0.1, -0.05) is 18.2 Å². The Balaban J connectivity index is 2.94. The number of nitrogens with two attached hydrogens (primary N) is 1. The van der Waals surface area contributed by atoms with Crippen LogP contribution < -0.4 is 16.8 Å². The number of aryl methyl sites for hydroxylation is 1. The van der Waals surface area contributed by atoms with E-state index >= 15 is 0 Å². The van der Waals surface area contributed by atoms with Gasteiger partial charge in [0.05, 0.1) is 11.2 Å². The predicted octanol–water partition coefficient (Wildman–Crippen LogP) is 1.12. The average Bonchev–Trinajstić information content (AvgIpc) is 2.18. The zero-order valence-electron chi connectivity index (χ0n) is 7.79. The van der Waals surface area contributed by atoms with E-state index in [0.29, 0.717) is 5.69 Å². The van der Waals surface area contributed by atoms with E-state index in [1.165, 1.54) is 6.07 Å². The largest absolute Gasteiger partial charge is 0.323 e. The summed E-state index contributed by atoms with van der Waals surface area (Å²) in [5, 5.41) is 0.923. The molecule has 4 heteroatoms. The zero-order valence-corrected chi connectivity index (χ0v) is 7.79. The highest BCUT2D eigenvalue weighted by Crippen LogP contribution is 2.20. The van der Waals surface area contributed by atoms with E-state index < -0.39 is 0 Å². The molecule has 0 saturated heterocycles. The molecule has 1 aromatic carbocycles. The van der Waals surface area contributed by atoms with Crippen LogP contribution in [0.4, 0.5) is 5.69 Å². The molecule has 1 heterocycles. The van der Waals surface area contributed by atoms with Gasteiger partial charge in [0, 0.05) is 11.5 Å². The van der Waals surface area contributed by atoms with Crippen molar-refractivity contribution in [3.05, 3.63) is 40.2 Å². The summed E-state index contributed by atoms with van der Waals surface area (Å²) in [5.74, 6) is 5.33. The SMILES string of the molecule is Cc1cccc2c(NN)cc(=O)[nH]c12. The smallest absolute Gasteiger partial charge is 0.250 e. The maximum atomic E-state index is 11.3. The number of para-hydroxylation sites is 1. The van der Waals surface area contributed by atoms with Gasteiger partial charge in [-0.15, -0.1) is 0 Å². The van der Waals surface area contributed by atoms with E-state index in [0.717, 1.165) is 16.5 Å². The van der Waals surface area contributed by atoms with Crippen LogP contribution in [0.1, 0.15) is 5.56 Å². The van der Waals surface area contributed by atoms with Gasteiger partial charge in [-0.05, 0) is 12.5 Å². The van der Waals surface area contributed by atoms with Gasteiger partial charge in [-0.25, -0.2) is 0 Å². The number of aromatic amines is 1. The minimum Gasteiger partial charge on any atom is -0.323 e. The number of rotatable bonds is 1. The maximum Gasteiger partial charge on any atom is 0.250 e. The summed E-state index contributed by atoms with van der Waals surface area (Å²) in [4.78, 5) is 14.0. The van der Waals surface area contributed by atoms with Crippen LogP contribution >= 0.6 is 0 Å². The summed E-state index contributed by atoms with van der Waals surface area (Å²) in [6.07, 6.45) is 0. The highest BCUT2D eigenvalue weighted by Gasteiger charge is 2.02. The fourth-order valence-corrected chi connectivity index (χ4v) is 1.55. The summed E-state index contributed by atoms with van der Waals surface area (Å²) in [6, 6.07) is 7.23. The summed E-state index contributed by atoms with van der Waals surface area (Å²) < 4.78 is 0. The van der Waals surface area contributed by atoms with Crippen molar-refractivity contribution in [3.63, 3.8) is 0 Å². The second-order valence-corrected chi connectivity index (χ2v) is 3.19. The lowest BCUT2D eigenvalue weighted by molar-refractivity contribution is 1.26. The van der Waals surface area contributed by atoms with Crippen LogP contribution in [-0.2, 0) is 0 Å². The van der Waals surface area contributed by atoms with Gasteiger partial charge in [0.1, 0.15) is 0 Å². The van der Waals surface area contributed by atoms with Crippen LogP contribution in [-0.4, -0.2) is 4.98 Å². The first-order valence-electron chi connectivity index (χ1n) is 4.31. The molecule has 2 aromatic rings. The first-order chi connectivity index (χ1) is 6.72. The predicted molar refractivity (Wildman–Crippen MR) is 57.1 cm³/mol. The number of nitrogens with one attached hydrogen (secondary N) is 2. The molecule has 0 unspecified atom stereocenters. The molecule has 4 nitrogen and oxygen atoms in total. The molecule has 14 heavy (non-hydrogen) atoms. The molecule has 0 fully saturated rings. The molecular weight excluding hydrogens is 178 g/mol. The van der Waals surface area contributed by atoms with Gasteiger partial charge >= 0.3 is 0 Å². The van der Waals surface area contributed by atoms with E-state index in [1.54, 1.807) is 0 Å². The third kappa shape index (κ3) is 1.25. The van der Waals surface area contributed by atoms with Gasteiger partial charge in [-0.2, -0.15) is 0 Å². The zero-order chi connectivity index (χ0) is 10.1. The lowest BCUT2D eigenvalue weighted by Crippen LogP contribution is -2.13. The molecule has 72 valence electrons. The molecule has 0 radical (unpaired) electrons. The Labute approximate surface area is 80.7 Å². The Kier molecular flexibility index (Phi) is 1.98. The lowest BCUT2D eigenvalue weighted by Gasteiger charge is -2.06. The minimum absolute atomic E-state index is 0.153. The average molecular weight is 189 g/mol. The Hall–Kier alpha value is -1.81. The molecule has 0 aliphatic carbocycles. The van der Waals surface area contributed by atoms with Crippen molar-refractivity contribution >= 4 is 16.6 Å². The molecule has 0 saturated carbocycles. The van der Waals surface area contributed by atoms with Crippen molar-refractivity contribution in [2.45, 2.75) is 6.92 Å². The monoisotopic (exact) mass is 189 g/mol. The number of pyridine rings is 1. The second-order valence-electron chi connectivity index (χ2n) is 3.19. The Morgan fingerprint density at radius 1 is 1.43 bits per heavy atom. The molecule has 0 bridgehead atoms. The van der Waals surface area contributed by atoms with Crippen LogP contribution in [0.25, 0.3) is 10.9 Å². The van der Waals surface area contributed by atoms with Crippen LogP contribution in [0.3, 0.4) is 0 Å². The van der Waals surface area contributed by atoms with E-state index in [9.17, 15) is 4.79 Å². The van der Waals surface area contributed by atoms with Crippen LogP contribution in [0.15, 0.2) is 29.1 Å². The van der Waals surface area contributed by atoms with Gasteiger partial charge in [0.15, 0.2) is 0 Å². The fourth-order valence-electron chi connectivity index (χ4n) is 1.55. The lowest BCUT2D eigenvalue weighted by atomic mass is 10.1. The van der Waals surface area contributed by atoms with Gasteiger partial charge in [0.2, 0.25) is 0 Å². The summed E-state index contributed by atoms with van der Waals surface area (Å²) in [5.41, 5.74) is 4.86. The van der Waals surface area contributed by atoms with Crippen molar-refractivity contribution in [2.24, 2.45) is 5.84 Å². The van der Waals surface area contributed by atoms with Crippen molar-refractivity contribution in [3.8, 4) is 0 Å². The van der Waals surface area contributed by atoms with Gasteiger partial charge < -0.3 is 10.4 Å². The summed E-state index contributed by atoms with van der Waals surface area (Å²) in [6.45, 7) is 1.94. The molecule has 2 rings (SSSR count). The number of hydrazine groups is 1. The first-order valence-corrected chi connectivity index (χ1v) is 4.31. The van der Waals surface area contributed by atoms with Crippen molar-refractivity contribution in [1.29, 1.82) is 0 Å². The van der Waals surface area contributed by atoms with E-state index in [4.69, 9.17) is 5.84 Å². The first kappa shape index (κ1) is 8.77. The highest BCUT2D eigenvalue weighted by atomic mass is 16.1. The summed E-state index contributed by atoms with van der Waals surface area (Å²) in [7, 11) is 0. The molecule has 0 amide bonds. The number of benzene rings is 1. The molecule has 4 N–H and O–H groups in total. The highest BCUT2D eigenvalue weighted by molar-refractivity contribution is 5.92. The standard InChI is InChI=1S/C10H11N3O/c1-6-3-2-4-7-8(13-11)5-9(14)12-10(6)7/h2-5H,11H2,1H3,(H2,12,13,14). The van der Waals surface area contributed by atoms with E-state index in [1.807, 2.05) is 25.1 Å². The normalized spacial score (nSPS) is 10.4. The quantitative estimate of drug-likeness (QED) is 0.465. The van der Waals surface area contributed by atoms with Crippen molar-refractivity contribution in [1.82, 2.24) is 4.98 Å². The van der Waals surface area contributed by atoms with Crippen LogP contribution in [0.2, 0.25) is 0 Å². The number of hydrogen-bond acceptors (Lipinski definition) is 3. The van der Waals surface area contributed by atoms with Crippen LogP contribution in [0, 0.1) is 6.92 Å². The Bertz CT molecular complexity index is 530. The molecule has 0 spiro atoms. The number of H-pyrrole nitrogens is 1. The maximum absolute atomic E-state index is 11.3. The molecule has 0 aliphatic rings. The Morgan fingerprint density at radius 2 is 2.21 bits per heavy atom. The second kappa shape index (κ2) is 3.16. The van der Waals surface area contributed by atoms with Gasteiger partial charge in [-0.3, -0.25) is 10.6 Å². The fraction of sp³-hybridized carbons (Fsp3) is 0.100. The number of nitrogen functional groups attached to an aromatic ring is 1. The summed E-state index contributed by atoms with van der Waals surface area (Å²) >= 11 is 0. The van der Waals surface area contributed by atoms with E-state index in [2.05, 4.69) is 10.4 Å². The van der Waals surface area contributed by atoms with Crippen LogP contribution in [0.5, 0.6) is 0 Å². The number of anilines is 1. The van der Waals surface area contributed by atoms with Crippen molar-refractivity contribution < 1.29 is 0 Å². The topological polar surface area (TPSA) is 70.9 Å². The Morgan fingerprint density at radius 3 is 2.93 bits per heavy atom. The number of aromatic nitrogens is 1. The van der Waals surface area contributed by atoms with E-state index in [-0.39, 0.29) is 5.56 Å². The number of fused-ring (bicyclic) bond motifs is 1. The third-order valence-electron chi connectivity index (χ3n) is 2.24. The molecule has 0 atom stereocenters. The van der Waals surface area contributed by atoms with Crippen molar-refractivity contribution in [2.75, 3.05) is 5.43 Å².